The van der Waals surface area contributed by atoms with Crippen molar-refractivity contribution in [1.29, 1.82) is 0 Å². The number of H-pyrrole nitrogens is 2. The summed E-state index contributed by atoms with van der Waals surface area (Å²) in [7, 11) is -1.23. The molecule has 222 valence electrons. The van der Waals surface area contributed by atoms with E-state index in [-0.39, 0.29) is 12.5 Å². The van der Waals surface area contributed by atoms with Crippen LogP contribution in [-0.4, -0.2) is 46.5 Å². The van der Waals surface area contributed by atoms with Crippen LogP contribution in [0.25, 0.3) is 55.7 Å². The van der Waals surface area contributed by atoms with Crippen molar-refractivity contribution in [3.05, 3.63) is 115 Å². The molecule has 4 heterocycles. The first-order valence-corrected chi connectivity index (χ1v) is 15.5. The van der Waals surface area contributed by atoms with E-state index in [0.29, 0.717) is 50.5 Å². The first kappa shape index (κ1) is 28.2. The summed E-state index contributed by atoms with van der Waals surface area (Å²) in [4.78, 5) is 29.6. The van der Waals surface area contributed by atoms with Crippen LogP contribution in [0.15, 0.2) is 97.6 Å². The molecule has 1 amide bonds. The molecule has 0 aliphatic carbocycles. The molecule has 0 spiro atoms. The molecule has 0 fully saturated rings. The normalized spacial score (nSPS) is 12.0. The minimum absolute atomic E-state index is 0.218. The number of carbonyl (C=O) groups is 1. The summed E-state index contributed by atoms with van der Waals surface area (Å²) >= 11 is 0. The lowest BCUT2D eigenvalue weighted by Gasteiger charge is -2.08. The summed E-state index contributed by atoms with van der Waals surface area (Å²) in [6, 6.07) is 21.4. The van der Waals surface area contributed by atoms with Crippen LogP contribution in [0.4, 0.5) is 10.1 Å². The van der Waals surface area contributed by atoms with Crippen molar-refractivity contribution in [3.63, 3.8) is 0 Å². The number of halogens is 1. The van der Waals surface area contributed by atoms with Crippen molar-refractivity contribution < 1.29 is 13.4 Å². The van der Waals surface area contributed by atoms with E-state index in [9.17, 15) is 13.4 Å². The van der Waals surface area contributed by atoms with Gasteiger partial charge in [0.2, 0.25) is 0 Å². The number of amides is 1. The van der Waals surface area contributed by atoms with Gasteiger partial charge >= 0.3 is 0 Å². The third kappa shape index (κ3) is 5.84. The van der Waals surface area contributed by atoms with Crippen LogP contribution in [0, 0.1) is 5.82 Å². The van der Waals surface area contributed by atoms with Gasteiger partial charge < -0.3 is 10.3 Å². The van der Waals surface area contributed by atoms with E-state index < -0.39 is 16.8 Å². The van der Waals surface area contributed by atoms with Gasteiger partial charge in [0.15, 0.2) is 5.82 Å². The molecular formula is C33H25FN8O2S. The molecule has 12 heteroatoms. The lowest BCUT2D eigenvalue weighted by Crippen LogP contribution is -2.14. The number of hydrogen-bond acceptors (Lipinski definition) is 6. The summed E-state index contributed by atoms with van der Waals surface area (Å²) in [5, 5.41) is 11.4. The van der Waals surface area contributed by atoms with E-state index in [0.717, 1.165) is 22.0 Å². The zero-order chi connectivity index (χ0) is 30.9. The van der Waals surface area contributed by atoms with Crippen LogP contribution in [0.1, 0.15) is 15.9 Å². The molecule has 45 heavy (non-hydrogen) atoms. The van der Waals surface area contributed by atoms with Crippen LogP contribution >= 0.6 is 0 Å². The van der Waals surface area contributed by atoms with Crippen molar-refractivity contribution in [2.24, 2.45) is 0 Å². The minimum atomic E-state index is -1.23. The summed E-state index contributed by atoms with van der Waals surface area (Å²) < 4.78 is 28.9. The summed E-state index contributed by atoms with van der Waals surface area (Å²) in [5.74, 6) is -0.114. The van der Waals surface area contributed by atoms with Gasteiger partial charge in [0.1, 0.15) is 11.5 Å². The average molecular weight is 617 g/mol. The Balaban J connectivity index is 1.23. The third-order valence-electron chi connectivity index (χ3n) is 7.29. The Morgan fingerprint density at radius 1 is 0.889 bits per heavy atom. The molecule has 0 aliphatic rings. The number of nitrogens with one attached hydrogen (secondary N) is 4. The number of rotatable bonds is 8. The Hall–Kier alpha value is -5.59. The first-order chi connectivity index (χ1) is 21.9. The van der Waals surface area contributed by atoms with E-state index in [1.54, 1.807) is 36.9 Å². The highest BCUT2D eigenvalue weighted by molar-refractivity contribution is 7.82. The number of carbonyl (C=O) groups excluding carboxylic acids is 1. The number of nitrogens with zero attached hydrogens (tertiary/aromatic N) is 4. The summed E-state index contributed by atoms with van der Waals surface area (Å²) in [5.41, 5.74) is 7.41. The molecule has 7 rings (SSSR count). The zero-order valence-corrected chi connectivity index (χ0v) is 24.7. The lowest BCUT2D eigenvalue weighted by atomic mass is 10.0. The van der Waals surface area contributed by atoms with E-state index in [4.69, 9.17) is 4.98 Å². The lowest BCUT2D eigenvalue weighted by molar-refractivity contribution is 0.102. The maximum absolute atomic E-state index is 14.6. The fraction of sp³-hybridized carbons (Fsp3) is 0.0606. The average Bonchev–Trinajstić information content (AvgIpc) is 3.68. The minimum Gasteiger partial charge on any atom is -0.335 e. The van der Waals surface area contributed by atoms with Crippen LogP contribution in [0.2, 0.25) is 0 Å². The number of fused-ring (bicyclic) bond motifs is 2. The van der Waals surface area contributed by atoms with Crippen molar-refractivity contribution in [2.45, 2.75) is 6.54 Å². The Morgan fingerprint density at radius 3 is 2.58 bits per heavy atom. The topological polar surface area (TPSA) is 141 Å². The molecule has 0 aliphatic heterocycles. The molecule has 0 saturated carbocycles. The number of imidazole rings is 1. The second-order valence-corrected chi connectivity index (χ2v) is 11.6. The fourth-order valence-corrected chi connectivity index (χ4v) is 5.55. The van der Waals surface area contributed by atoms with Gasteiger partial charge in [-0.15, -0.1) is 0 Å². The van der Waals surface area contributed by atoms with Gasteiger partial charge in [-0.2, -0.15) is 5.10 Å². The van der Waals surface area contributed by atoms with Gasteiger partial charge in [-0.05, 0) is 65.2 Å². The molecule has 10 nitrogen and oxygen atoms in total. The van der Waals surface area contributed by atoms with Crippen molar-refractivity contribution >= 4 is 44.5 Å². The molecule has 7 aromatic rings. The quantitative estimate of drug-likeness (QED) is 0.165. The number of hydrogen-bond donors (Lipinski definition) is 4. The smallest absolute Gasteiger partial charge is 0.255 e. The van der Waals surface area contributed by atoms with E-state index >= 15 is 0 Å². The van der Waals surface area contributed by atoms with Gasteiger partial charge in [0.25, 0.3) is 5.91 Å². The molecule has 0 saturated heterocycles. The number of aromatic nitrogens is 6. The number of pyridine rings is 2. The van der Waals surface area contributed by atoms with E-state index in [1.807, 2.05) is 48.5 Å². The second kappa shape index (κ2) is 11.8. The number of anilines is 1. The largest absolute Gasteiger partial charge is 0.335 e. The Kier molecular flexibility index (Phi) is 7.41. The van der Waals surface area contributed by atoms with Crippen LogP contribution in [-0.2, 0) is 17.5 Å². The zero-order valence-electron chi connectivity index (χ0n) is 23.8. The van der Waals surface area contributed by atoms with Crippen LogP contribution < -0.4 is 10.0 Å². The van der Waals surface area contributed by atoms with Gasteiger partial charge in [0.05, 0.1) is 45.6 Å². The molecule has 1 atom stereocenters. The van der Waals surface area contributed by atoms with E-state index in [1.165, 1.54) is 18.4 Å². The molecule has 0 bridgehead atoms. The third-order valence-corrected chi connectivity index (χ3v) is 7.85. The standard InChI is InChI=1S/C33H25FN8O2S/c1-45(44)37-14-19-9-22(11-24(34)10-19)27-17-36-18-29-30(27)40-32(39-29)31-26-13-21(7-8-28(26)41-42-31)23-12-25(16-35-15-23)38-33(43)20-5-3-2-4-6-20/h2-13,15-18,37H,14H2,1H3,(H,38,43)(H,39,40)(H,41,42). The van der Waals surface area contributed by atoms with Gasteiger partial charge in [0, 0.05) is 47.3 Å². The highest BCUT2D eigenvalue weighted by atomic mass is 32.2. The fourth-order valence-electron chi connectivity index (χ4n) is 5.18. The first-order valence-electron chi connectivity index (χ1n) is 13.9. The SMILES string of the molecule is CS(=O)NCc1cc(F)cc(-c2cncc3[nH]c(-c4n[nH]c5ccc(-c6cncc(NC(=O)c7ccccc7)c6)cc45)nc23)c1. The molecule has 1 unspecified atom stereocenters. The Labute approximate surface area is 258 Å². The van der Waals surface area contributed by atoms with E-state index in [2.05, 4.69) is 35.2 Å². The number of benzene rings is 3. The predicted molar refractivity (Wildman–Crippen MR) is 173 cm³/mol. The molecule has 0 radical (unpaired) electrons. The highest BCUT2D eigenvalue weighted by Crippen LogP contribution is 2.33. The van der Waals surface area contributed by atoms with Crippen LogP contribution in [0.3, 0.4) is 0 Å². The van der Waals surface area contributed by atoms with Crippen molar-refractivity contribution in [2.75, 3.05) is 11.6 Å². The Bertz CT molecular complexity index is 2230. The van der Waals surface area contributed by atoms with Gasteiger partial charge in [-0.25, -0.2) is 18.3 Å². The van der Waals surface area contributed by atoms with Crippen LogP contribution in [0.5, 0.6) is 0 Å². The maximum Gasteiger partial charge on any atom is 0.255 e. The molecular weight excluding hydrogens is 591 g/mol. The summed E-state index contributed by atoms with van der Waals surface area (Å²) in [6.45, 7) is 0.252. The molecule has 3 aromatic carbocycles. The highest BCUT2D eigenvalue weighted by Gasteiger charge is 2.17. The molecule has 4 N–H and O–H groups in total. The number of aromatic amines is 2. The second-order valence-electron chi connectivity index (χ2n) is 10.4. The van der Waals surface area contributed by atoms with Crippen molar-refractivity contribution in [1.82, 2.24) is 34.9 Å². The predicted octanol–water partition coefficient (Wildman–Crippen LogP) is 6.00. The van der Waals surface area contributed by atoms with Gasteiger partial charge in [-0.1, -0.05) is 24.3 Å². The Morgan fingerprint density at radius 2 is 1.73 bits per heavy atom. The monoisotopic (exact) mass is 616 g/mol. The van der Waals surface area contributed by atoms with Gasteiger partial charge in [-0.3, -0.25) is 19.9 Å². The summed E-state index contributed by atoms with van der Waals surface area (Å²) in [6.07, 6.45) is 8.18. The van der Waals surface area contributed by atoms with Crippen molar-refractivity contribution in [3.8, 4) is 33.8 Å². The maximum atomic E-state index is 14.6. The molecule has 4 aromatic heterocycles.